The number of halogens is 3. The van der Waals surface area contributed by atoms with Crippen LogP contribution in [0.3, 0.4) is 0 Å². The van der Waals surface area contributed by atoms with Crippen molar-refractivity contribution < 1.29 is 13.2 Å². The maximum atomic E-state index is 12.9. The predicted molar refractivity (Wildman–Crippen MR) is 153 cm³/mol. The molecule has 12 heteroatoms. The largest absolute Gasteiger partial charge is 0.393 e. The fraction of sp³-hybridized carbons (Fsp3) is 0.379. The Balaban J connectivity index is 1.12. The molecule has 1 aliphatic rings. The van der Waals surface area contributed by atoms with Crippen molar-refractivity contribution >= 4 is 38.3 Å². The molecule has 0 spiro atoms. The molecule has 0 bridgehead atoms. The Morgan fingerprint density at radius 1 is 1.12 bits per heavy atom. The number of aromatic amines is 1. The maximum Gasteiger partial charge on any atom is 0.393 e. The first-order chi connectivity index (χ1) is 19.7. The van der Waals surface area contributed by atoms with Gasteiger partial charge in [-0.25, -0.2) is 9.97 Å². The van der Waals surface area contributed by atoms with Gasteiger partial charge in [0.2, 0.25) is 0 Å². The molecule has 2 N–H and O–H groups in total. The molecule has 41 heavy (non-hydrogen) atoms. The van der Waals surface area contributed by atoms with Crippen molar-refractivity contribution in [3.05, 3.63) is 69.7 Å². The first kappa shape index (κ1) is 27.2. The highest BCUT2D eigenvalue weighted by molar-refractivity contribution is 7.18. The van der Waals surface area contributed by atoms with Crippen molar-refractivity contribution in [2.24, 2.45) is 0 Å². The molecule has 5 aromatic rings. The van der Waals surface area contributed by atoms with Gasteiger partial charge in [0, 0.05) is 41.5 Å². The van der Waals surface area contributed by atoms with E-state index in [1.807, 2.05) is 17.6 Å². The number of likely N-dealkylation sites (tertiary alicyclic amines) is 1. The number of alkyl halides is 3. The normalized spacial score (nSPS) is 15.1. The molecule has 0 amide bonds. The van der Waals surface area contributed by atoms with Crippen molar-refractivity contribution in [1.29, 1.82) is 5.26 Å². The highest BCUT2D eigenvalue weighted by atomic mass is 32.1. The third-order valence-electron chi connectivity index (χ3n) is 7.91. The Bertz CT molecular complexity index is 1750. The maximum absolute atomic E-state index is 12.9. The molecule has 1 aromatic carbocycles. The summed E-state index contributed by atoms with van der Waals surface area (Å²) in [5.41, 5.74) is 6.11. The summed E-state index contributed by atoms with van der Waals surface area (Å²) in [7, 11) is 0. The fourth-order valence-electron chi connectivity index (χ4n) is 5.62. The number of rotatable bonds is 7. The zero-order valence-electron chi connectivity index (χ0n) is 22.7. The summed E-state index contributed by atoms with van der Waals surface area (Å²) >= 11 is 1.07. The number of anilines is 1. The molecular weight excluding hydrogens is 549 g/mol. The van der Waals surface area contributed by atoms with Gasteiger partial charge in [-0.3, -0.25) is 10.00 Å². The number of benzene rings is 1. The molecule has 0 aliphatic carbocycles. The van der Waals surface area contributed by atoms with Gasteiger partial charge in [0.15, 0.2) is 0 Å². The van der Waals surface area contributed by atoms with Crippen LogP contribution in [0.2, 0.25) is 0 Å². The number of nitrogens with zero attached hydrogens (tertiary/aromatic N) is 6. The summed E-state index contributed by atoms with van der Waals surface area (Å²) in [5.74, 6) is 0.600. The standard InChI is InChI=1S/C29H29F3N8S/c1-17-13-36-38-25(17)15-40-21(12-33)9-23-18(2)19(3-4-26(23)40)14-39-7-5-20(6-8-39)37-27-24-10-22(11-29(30,31)32)41-28(24)35-16-34-27/h3-4,9-10,13,16,20H,5-8,11,14-15H2,1-2H3,(H,36,38)(H,34,35,37). The second-order valence-electron chi connectivity index (χ2n) is 10.7. The molecule has 8 nitrogen and oxygen atoms in total. The van der Waals surface area contributed by atoms with Crippen LogP contribution in [0.1, 0.15) is 45.8 Å². The molecule has 4 aromatic heterocycles. The van der Waals surface area contributed by atoms with Gasteiger partial charge in [0.25, 0.3) is 0 Å². The number of aryl methyl sites for hydroxylation is 2. The van der Waals surface area contributed by atoms with Crippen molar-refractivity contribution in [3.63, 3.8) is 0 Å². The molecule has 0 radical (unpaired) electrons. The lowest BCUT2D eigenvalue weighted by atomic mass is 10.0. The molecule has 1 fully saturated rings. The third kappa shape index (κ3) is 5.64. The molecule has 5 heterocycles. The summed E-state index contributed by atoms with van der Waals surface area (Å²) in [6.07, 6.45) is -0.217. The van der Waals surface area contributed by atoms with Crippen LogP contribution in [0.4, 0.5) is 19.0 Å². The Morgan fingerprint density at radius 2 is 1.93 bits per heavy atom. The number of nitrogens with one attached hydrogen (secondary N) is 2. The van der Waals surface area contributed by atoms with Crippen LogP contribution in [0.5, 0.6) is 0 Å². The van der Waals surface area contributed by atoms with E-state index in [0.29, 0.717) is 28.3 Å². The number of H-pyrrole nitrogens is 1. The minimum Gasteiger partial charge on any atom is -0.367 e. The van der Waals surface area contributed by atoms with Crippen LogP contribution in [0.15, 0.2) is 36.8 Å². The highest BCUT2D eigenvalue weighted by Crippen LogP contribution is 2.33. The van der Waals surface area contributed by atoms with Gasteiger partial charge in [-0.15, -0.1) is 11.3 Å². The Kier molecular flexibility index (Phi) is 7.17. The summed E-state index contributed by atoms with van der Waals surface area (Å²) in [6, 6.07) is 10.3. The second-order valence-corrected chi connectivity index (χ2v) is 11.8. The molecule has 6 rings (SSSR count). The number of thiophene rings is 1. The topological polar surface area (TPSA) is 98.5 Å². The number of fused-ring (bicyclic) bond motifs is 2. The van der Waals surface area contributed by atoms with Gasteiger partial charge in [-0.05, 0) is 61.6 Å². The van der Waals surface area contributed by atoms with Crippen molar-refractivity contribution in [2.75, 3.05) is 18.4 Å². The van der Waals surface area contributed by atoms with Crippen molar-refractivity contribution in [3.8, 4) is 6.07 Å². The van der Waals surface area contributed by atoms with Crippen LogP contribution in [-0.4, -0.2) is 54.9 Å². The summed E-state index contributed by atoms with van der Waals surface area (Å²) < 4.78 is 40.7. The quantitative estimate of drug-likeness (QED) is 0.243. The number of piperidine rings is 1. The van der Waals surface area contributed by atoms with Gasteiger partial charge >= 0.3 is 6.18 Å². The average molecular weight is 579 g/mol. The van der Waals surface area contributed by atoms with Crippen LogP contribution in [0, 0.1) is 25.2 Å². The van der Waals surface area contributed by atoms with Gasteiger partial charge in [-0.1, -0.05) is 6.07 Å². The highest BCUT2D eigenvalue weighted by Gasteiger charge is 2.29. The summed E-state index contributed by atoms with van der Waals surface area (Å²) in [4.78, 5) is 11.7. The Morgan fingerprint density at radius 3 is 2.63 bits per heavy atom. The van der Waals surface area contributed by atoms with Gasteiger partial charge in [0.05, 0.1) is 30.2 Å². The minimum absolute atomic E-state index is 0.178. The lowest BCUT2D eigenvalue weighted by Gasteiger charge is -2.33. The van der Waals surface area contributed by atoms with Crippen LogP contribution in [-0.2, 0) is 19.5 Å². The lowest BCUT2D eigenvalue weighted by Crippen LogP contribution is -2.39. The zero-order chi connectivity index (χ0) is 28.7. The van der Waals surface area contributed by atoms with E-state index >= 15 is 0 Å². The third-order valence-corrected chi connectivity index (χ3v) is 8.95. The van der Waals surface area contributed by atoms with E-state index in [4.69, 9.17) is 0 Å². The SMILES string of the molecule is Cc1cn[nH]c1Cn1c(C#N)cc2c(C)c(CN3CCC(Nc4ncnc5sc(CC(F)(F)F)cc45)CC3)ccc21. The van der Waals surface area contributed by atoms with E-state index in [-0.39, 0.29) is 10.9 Å². The monoisotopic (exact) mass is 578 g/mol. The summed E-state index contributed by atoms with van der Waals surface area (Å²) in [5, 5.41) is 22.2. The first-order valence-electron chi connectivity index (χ1n) is 13.5. The van der Waals surface area contributed by atoms with Gasteiger partial charge < -0.3 is 9.88 Å². The summed E-state index contributed by atoms with van der Waals surface area (Å²) in [6.45, 7) is 7.26. The number of aromatic nitrogens is 5. The number of hydrogen-bond acceptors (Lipinski definition) is 7. The molecule has 0 atom stereocenters. The molecule has 212 valence electrons. The lowest BCUT2D eigenvalue weighted by molar-refractivity contribution is -0.126. The van der Waals surface area contributed by atoms with Crippen molar-refractivity contribution in [2.45, 2.75) is 58.4 Å². The van der Waals surface area contributed by atoms with E-state index in [0.717, 1.165) is 66.0 Å². The van der Waals surface area contributed by atoms with E-state index in [2.05, 4.69) is 55.5 Å². The molecule has 0 saturated carbocycles. The van der Waals surface area contributed by atoms with Crippen LogP contribution >= 0.6 is 11.3 Å². The molecule has 0 unspecified atom stereocenters. The van der Waals surface area contributed by atoms with E-state index in [9.17, 15) is 18.4 Å². The van der Waals surface area contributed by atoms with Crippen LogP contribution in [0.25, 0.3) is 21.1 Å². The second kappa shape index (κ2) is 10.8. The van der Waals surface area contributed by atoms with Gasteiger partial charge in [-0.2, -0.15) is 23.5 Å². The van der Waals surface area contributed by atoms with E-state index in [1.54, 1.807) is 12.3 Å². The van der Waals surface area contributed by atoms with Crippen LogP contribution < -0.4 is 5.32 Å². The average Bonchev–Trinajstić information content (AvgIpc) is 3.63. The van der Waals surface area contributed by atoms with Gasteiger partial charge in [0.1, 0.15) is 28.7 Å². The Hall–Kier alpha value is -3.95. The fourth-order valence-corrected chi connectivity index (χ4v) is 6.65. The molecule has 1 aliphatic heterocycles. The number of nitriles is 1. The predicted octanol–water partition coefficient (Wildman–Crippen LogP) is 6.09. The molecule has 1 saturated heterocycles. The number of hydrogen-bond donors (Lipinski definition) is 2. The van der Waals surface area contributed by atoms with Crippen molar-refractivity contribution in [1.82, 2.24) is 29.6 Å². The van der Waals surface area contributed by atoms with E-state index in [1.165, 1.54) is 17.5 Å². The zero-order valence-corrected chi connectivity index (χ0v) is 23.5. The Labute approximate surface area is 238 Å². The minimum atomic E-state index is -4.25. The first-order valence-corrected chi connectivity index (χ1v) is 14.3. The molecular formula is C29H29F3N8S. The van der Waals surface area contributed by atoms with E-state index < -0.39 is 12.6 Å². The smallest absolute Gasteiger partial charge is 0.367 e.